The highest BCUT2D eigenvalue weighted by Crippen LogP contribution is 2.24. The van der Waals surface area contributed by atoms with Crippen LogP contribution in [0.25, 0.3) is 0 Å². The van der Waals surface area contributed by atoms with Crippen molar-refractivity contribution in [2.24, 2.45) is 9.98 Å². The van der Waals surface area contributed by atoms with E-state index in [4.69, 9.17) is 9.98 Å². The molecule has 2 aromatic carbocycles. The number of para-hydroxylation sites is 2. The van der Waals surface area contributed by atoms with Crippen molar-refractivity contribution in [2.45, 2.75) is 143 Å². The van der Waals surface area contributed by atoms with E-state index >= 15 is 0 Å². The molecule has 0 saturated carbocycles. The van der Waals surface area contributed by atoms with Crippen LogP contribution in [0.15, 0.2) is 82.8 Å². The van der Waals surface area contributed by atoms with Crippen molar-refractivity contribution in [3.8, 4) is 0 Å². The predicted octanol–water partition coefficient (Wildman–Crippen LogP) is 13.1. The van der Waals surface area contributed by atoms with Crippen LogP contribution in [0.2, 0.25) is 0 Å². The van der Waals surface area contributed by atoms with Crippen molar-refractivity contribution in [3.05, 3.63) is 84.0 Å². The van der Waals surface area contributed by atoms with E-state index in [1.165, 1.54) is 75.3 Å². The van der Waals surface area contributed by atoms with Gasteiger partial charge >= 0.3 is 0 Å². The van der Waals surface area contributed by atoms with Gasteiger partial charge in [0.25, 0.3) is 0 Å². The van der Waals surface area contributed by atoms with Crippen molar-refractivity contribution in [2.75, 3.05) is 0 Å². The zero-order valence-electron chi connectivity index (χ0n) is 27.3. The Kier molecular flexibility index (Phi) is 21.0. The molecule has 0 N–H and O–H groups in total. The number of aliphatic imine (C=N–C) groups is 2. The first-order valence-corrected chi connectivity index (χ1v) is 17.4. The summed E-state index contributed by atoms with van der Waals surface area (Å²) in [5.74, 6) is 0. The molecule has 0 bridgehead atoms. The summed E-state index contributed by atoms with van der Waals surface area (Å²) in [5.41, 5.74) is 5.94. The second kappa shape index (κ2) is 24.8. The number of rotatable bonds is 24. The molecule has 0 radical (unpaired) electrons. The van der Waals surface area contributed by atoms with Crippen molar-refractivity contribution < 1.29 is 0 Å². The highest BCUT2D eigenvalue weighted by Gasteiger charge is 2.05. The molecule has 42 heavy (non-hydrogen) atoms. The van der Waals surface area contributed by atoms with Crippen LogP contribution in [0.5, 0.6) is 0 Å². The van der Waals surface area contributed by atoms with Gasteiger partial charge in [-0.2, -0.15) is 0 Å². The lowest BCUT2D eigenvalue weighted by atomic mass is 10.0. The molecule has 0 aliphatic carbocycles. The average molecular weight is 569 g/mol. The first kappa shape index (κ1) is 35.5. The minimum atomic E-state index is 0.959. The maximum absolute atomic E-state index is 5.16. The van der Waals surface area contributed by atoms with Crippen LogP contribution in [0.3, 0.4) is 0 Å². The lowest BCUT2D eigenvalue weighted by molar-refractivity contribution is 0.673. The number of nitrogens with zero attached hydrogens (tertiary/aromatic N) is 2. The first-order valence-electron chi connectivity index (χ1n) is 17.4. The third kappa shape index (κ3) is 16.6. The molecule has 0 fully saturated rings. The largest absolute Gasteiger partial charge is 0.255 e. The molecule has 0 unspecified atom stereocenters. The molecule has 0 amide bonds. The predicted molar refractivity (Wildman–Crippen MR) is 189 cm³/mol. The number of benzene rings is 2. The Morgan fingerprint density at radius 2 is 1.00 bits per heavy atom. The Labute approximate surface area is 259 Å². The molecule has 0 aliphatic rings. The van der Waals surface area contributed by atoms with Gasteiger partial charge in [0.05, 0.1) is 17.1 Å². The molecular formula is C40H60N2. The zero-order chi connectivity index (χ0) is 29.9. The molecule has 2 aromatic rings. The van der Waals surface area contributed by atoms with Crippen LogP contribution in [-0.4, -0.2) is 11.9 Å². The van der Waals surface area contributed by atoms with Crippen molar-refractivity contribution >= 4 is 23.3 Å². The lowest BCUT2D eigenvalue weighted by Crippen LogP contribution is -2.00. The van der Waals surface area contributed by atoms with Gasteiger partial charge in [-0.1, -0.05) is 126 Å². The Bertz CT molecular complexity index is 1060. The average Bonchev–Trinajstić information content (AvgIpc) is 3.02. The van der Waals surface area contributed by atoms with E-state index < -0.39 is 0 Å². The van der Waals surface area contributed by atoms with E-state index in [0.717, 1.165) is 74.9 Å². The second-order valence-electron chi connectivity index (χ2n) is 11.6. The minimum Gasteiger partial charge on any atom is -0.255 e. The highest BCUT2D eigenvalue weighted by atomic mass is 14.8. The van der Waals surface area contributed by atoms with Crippen LogP contribution in [0.1, 0.15) is 141 Å². The summed E-state index contributed by atoms with van der Waals surface area (Å²) in [6, 6.07) is 17.3. The van der Waals surface area contributed by atoms with E-state index in [1.807, 2.05) is 6.21 Å². The molecule has 0 atom stereocenters. The van der Waals surface area contributed by atoms with Crippen LogP contribution < -0.4 is 0 Å². The highest BCUT2D eigenvalue weighted by molar-refractivity contribution is 6.31. The van der Waals surface area contributed by atoms with Crippen molar-refractivity contribution in [3.63, 3.8) is 0 Å². The van der Waals surface area contributed by atoms with Gasteiger partial charge in [0, 0.05) is 6.21 Å². The Morgan fingerprint density at radius 3 is 1.55 bits per heavy atom. The van der Waals surface area contributed by atoms with Gasteiger partial charge in [-0.05, 0) is 100 Å². The smallest absolute Gasteiger partial charge is 0.0665 e. The monoisotopic (exact) mass is 568 g/mol. The minimum absolute atomic E-state index is 0.959. The van der Waals surface area contributed by atoms with Gasteiger partial charge in [-0.15, -0.1) is 0 Å². The molecule has 0 aromatic heterocycles. The summed E-state index contributed by atoms with van der Waals surface area (Å²) in [4.78, 5) is 10.1. The standard InChI is InChI=1S/C40H60N2/c1-4-7-10-12-14-16-18-20-22-28-36-30-24-26-33-39(36)41-35-38(32-9-6-3)42-40-34-27-25-31-37(40)29-23-21-19-17-15-13-11-8-5-2/h16-19,24-27,30-31,33-35H,4-15,20-23,28-29,32H2,1-3H3. The fourth-order valence-electron chi connectivity index (χ4n) is 5.16. The third-order valence-corrected chi connectivity index (χ3v) is 7.80. The van der Waals surface area contributed by atoms with Gasteiger partial charge in [0.2, 0.25) is 0 Å². The fraction of sp³-hybridized carbons (Fsp3) is 0.550. The quantitative estimate of drug-likeness (QED) is 0.0683. The van der Waals surface area contributed by atoms with E-state index in [9.17, 15) is 0 Å². The summed E-state index contributed by atoms with van der Waals surface area (Å²) in [6.45, 7) is 6.79. The maximum Gasteiger partial charge on any atom is 0.0665 e. The zero-order valence-corrected chi connectivity index (χ0v) is 27.3. The Morgan fingerprint density at radius 1 is 0.524 bits per heavy atom. The topological polar surface area (TPSA) is 24.7 Å². The van der Waals surface area contributed by atoms with Crippen LogP contribution in [0, 0.1) is 0 Å². The normalized spacial score (nSPS) is 12.4. The van der Waals surface area contributed by atoms with E-state index in [1.54, 1.807) is 0 Å². The van der Waals surface area contributed by atoms with Crippen molar-refractivity contribution in [1.29, 1.82) is 0 Å². The fourth-order valence-corrected chi connectivity index (χ4v) is 5.16. The lowest BCUT2D eigenvalue weighted by Gasteiger charge is -2.08. The van der Waals surface area contributed by atoms with Crippen molar-refractivity contribution in [1.82, 2.24) is 0 Å². The SMILES string of the molecule is CCCCCCC=CCCCc1ccccc1N=CC(CCCC)=Nc1ccccc1CCCC=CCCCCCC. The van der Waals surface area contributed by atoms with Gasteiger partial charge in [0.1, 0.15) is 0 Å². The van der Waals surface area contributed by atoms with Gasteiger partial charge in [-0.3, -0.25) is 9.98 Å². The van der Waals surface area contributed by atoms with Gasteiger partial charge in [0.15, 0.2) is 0 Å². The molecule has 2 rings (SSSR count). The summed E-state index contributed by atoms with van der Waals surface area (Å²) < 4.78 is 0. The molecule has 230 valence electrons. The summed E-state index contributed by atoms with van der Waals surface area (Å²) in [6.07, 6.45) is 34.7. The van der Waals surface area contributed by atoms with Gasteiger partial charge in [-0.25, -0.2) is 0 Å². The van der Waals surface area contributed by atoms with Crippen LogP contribution >= 0.6 is 0 Å². The summed E-state index contributed by atoms with van der Waals surface area (Å²) in [7, 11) is 0. The number of hydrogen-bond donors (Lipinski definition) is 0. The van der Waals surface area contributed by atoms with E-state index in [0.29, 0.717) is 0 Å². The first-order chi connectivity index (χ1) is 20.8. The molecule has 0 aliphatic heterocycles. The molecule has 2 heteroatoms. The Balaban J connectivity index is 1.97. The number of allylic oxidation sites excluding steroid dienone is 4. The number of unbranched alkanes of at least 4 members (excludes halogenated alkanes) is 11. The molecular weight excluding hydrogens is 508 g/mol. The number of hydrogen-bond acceptors (Lipinski definition) is 2. The van der Waals surface area contributed by atoms with Crippen LogP contribution in [-0.2, 0) is 12.8 Å². The van der Waals surface area contributed by atoms with E-state index in [-0.39, 0.29) is 0 Å². The summed E-state index contributed by atoms with van der Waals surface area (Å²) >= 11 is 0. The second-order valence-corrected chi connectivity index (χ2v) is 11.6. The maximum atomic E-state index is 5.16. The molecule has 2 nitrogen and oxygen atoms in total. The van der Waals surface area contributed by atoms with Crippen LogP contribution in [0.4, 0.5) is 11.4 Å². The summed E-state index contributed by atoms with van der Waals surface area (Å²) in [5, 5.41) is 0. The molecule has 0 heterocycles. The van der Waals surface area contributed by atoms with Gasteiger partial charge < -0.3 is 0 Å². The molecule has 0 spiro atoms. The Hall–Kier alpha value is -2.74. The number of aryl methyl sites for hydroxylation is 2. The molecule has 0 saturated heterocycles. The third-order valence-electron chi connectivity index (χ3n) is 7.80. The van der Waals surface area contributed by atoms with E-state index in [2.05, 4.69) is 93.6 Å².